The molecular formula is C20H42IN5. The van der Waals surface area contributed by atoms with Crippen molar-refractivity contribution in [3.05, 3.63) is 0 Å². The van der Waals surface area contributed by atoms with Gasteiger partial charge in [-0.15, -0.1) is 24.0 Å². The molecule has 0 aromatic carbocycles. The molecule has 2 heterocycles. The normalized spacial score (nSPS) is 21.9. The van der Waals surface area contributed by atoms with E-state index in [1.54, 1.807) is 0 Å². The Balaban J connectivity index is 0.00000338. The van der Waals surface area contributed by atoms with E-state index >= 15 is 0 Å². The van der Waals surface area contributed by atoms with E-state index in [1.807, 2.05) is 0 Å². The Morgan fingerprint density at radius 2 is 1.62 bits per heavy atom. The van der Waals surface area contributed by atoms with Crippen molar-refractivity contribution >= 4 is 29.9 Å². The number of halogens is 1. The number of likely N-dealkylation sites (tertiary alicyclic amines) is 2. The zero-order valence-corrected chi connectivity index (χ0v) is 20.0. The third-order valence-electron chi connectivity index (χ3n) is 5.76. The van der Waals surface area contributed by atoms with Crippen molar-refractivity contribution < 1.29 is 0 Å². The minimum Gasteiger partial charge on any atom is -0.357 e. The van der Waals surface area contributed by atoms with Crippen LogP contribution in [0.1, 0.15) is 60.3 Å². The summed E-state index contributed by atoms with van der Waals surface area (Å²) in [6, 6.07) is 1.79. The van der Waals surface area contributed by atoms with E-state index in [0.29, 0.717) is 24.0 Å². The second-order valence-corrected chi connectivity index (χ2v) is 8.32. The highest BCUT2D eigenvalue weighted by Gasteiger charge is 2.25. The van der Waals surface area contributed by atoms with Gasteiger partial charge in [0.2, 0.25) is 0 Å². The van der Waals surface area contributed by atoms with Gasteiger partial charge in [0.1, 0.15) is 0 Å². The molecule has 0 amide bonds. The minimum absolute atomic E-state index is 0. The fourth-order valence-electron chi connectivity index (χ4n) is 4.08. The van der Waals surface area contributed by atoms with Gasteiger partial charge >= 0.3 is 0 Å². The van der Waals surface area contributed by atoms with Crippen molar-refractivity contribution in [2.24, 2.45) is 10.9 Å². The van der Waals surface area contributed by atoms with Crippen LogP contribution in [-0.4, -0.2) is 73.2 Å². The Morgan fingerprint density at radius 1 is 1.00 bits per heavy atom. The maximum atomic E-state index is 4.97. The number of nitrogens with one attached hydrogen (secondary N) is 2. The Hall–Kier alpha value is -0.0800. The molecule has 0 radical (unpaired) electrons. The Labute approximate surface area is 178 Å². The van der Waals surface area contributed by atoms with Gasteiger partial charge in [-0.1, -0.05) is 13.8 Å². The van der Waals surface area contributed by atoms with Gasteiger partial charge in [0, 0.05) is 37.8 Å². The van der Waals surface area contributed by atoms with E-state index in [2.05, 4.69) is 55.1 Å². The van der Waals surface area contributed by atoms with Gasteiger partial charge < -0.3 is 15.5 Å². The average Bonchev–Trinajstić information content (AvgIpc) is 3.09. The third-order valence-corrected chi connectivity index (χ3v) is 5.76. The van der Waals surface area contributed by atoms with Crippen LogP contribution in [0.2, 0.25) is 0 Å². The summed E-state index contributed by atoms with van der Waals surface area (Å²) in [5, 5.41) is 7.15. The molecule has 0 saturated carbocycles. The predicted octanol–water partition coefficient (Wildman–Crippen LogP) is 3.15. The van der Waals surface area contributed by atoms with Crippen LogP contribution in [0.15, 0.2) is 4.99 Å². The molecule has 2 aliphatic heterocycles. The Bertz CT molecular complexity index is 399. The van der Waals surface area contributed by atoms with Crippen molar-refractivity contribution in [2.75, 3.05) is 39.3 Å². The first-order valence-corrected chi connectivity index (χ1v) is 10.5. The smallest absolute Gasteiger partial charge is 0.191 e. The standard InChI is InChI=1S/C20H41N5.HI/c1-6-21-20(23-18-9-13-24(14-10-18)17(4)5)22-15-19(16(2)3)25-11-7-8-12-25;/h16-19H,6-15H2,1-5H3,(H2,21,22,23);1H. The lowest BCUT2D eigenvalue weighted by Gasteiger charge is -2.35. The van der Waals surface area contributed by atoms with Gasteiger partial charge in [-0.25, -0.2) is 0 Å². The summed E-state index contributed by atoms with van der Waals surface area (Å²) in [4.78, 5) is 10.2. The molecule has 0 bridgehead atoms. The summed E-state index contributed by atoms with van der Waals surface area (Å²) in [6.07, 6.45) is 5.12. The lowest BCUT2D eigenvalue weighted by molar-refractivity contribution is 0.167. The first kappa shape index (κ1) is 24.0. The van der Waals surface area contributed by atoms with Crippen LogP contribution < -0.4 is 10.6 Å². The monoisotopic (exact) mass is 479 g/mol. The molecular weight excluding hydrogens is 437 g/mol. The van der Waals surface area contributed by atoms with E-state index < -0.39 is 0 Å². The molecule has 5 nitrogen and oxygen atoms in total. The number of rotatable bonds is 7. The van der Waals surface area contributed by atoms with Crippen molar-refractivity contribution in [3.63, 3.8) is 0 Å². The molecule has 0 aliphatic carbocycles. The zero-order chi connectivity index (χ0) is 18.2. The van der Waals surface area contributed by atoms with Crippen molar-refractivity contribution in [3.8, 4) is 0 Å². The lowest BCUT2D eigenvalue weighted by Crippen LogP contribution is -2.50. The topological polar surface area (TPSA) is 42.9 Å². The molecule has 154 valence electrons. The van der Waals surface area contributed by atoms with E-state index in [-0.39, 0.29) is 24.0 Å². The molecule has 1 atom stereocenters. The molecule has 1 unspecified atom stereocenters. The van der Waals surface area contributed by atoms with Crippen LogP contribution in [0.3, 0.4) is 0 Å². The van der Waals surface area contributed by atoms with E-state index in [4.69, 9.17) is 4.99 Å². The molecule has 2 N–H and O–H groups in total. The summed E-state index contributed by atoms with van der Waals surface area (Å²) >= 11 is 0. The van der Waals surface area contributed by atoms with Crippen LogP contribution >= 0.6 is 24.0 Å². The van der Waals surface area contributed by atoms with Gasteiger partial charge in [-0.05, 0) is 65.5 Å². The second kappa shape index (κ2) is 12.4. The number of nitrogens with zero attached hydrogens (tertiary/aromatic N) is 3. The minimum atomic E-state index is 0. The predicted molar refractivity (Wildman–Crippen MR) is 124 cm³/mol. The SMILES string of the molecule is CCNC(=NCC(C(C)C)N1CCCC1)NC1CCN(C(C)C)CC1.I. The molecule has 0 aromatic rings. The highest BCUT2D eigenvalue weighted by Crippen LogP contribution is 2.18. The van der Waals surface area contributed by atoms with Gasteiger partial charge in [-0.3, -0.25) is 9.89 Å². The van der Waals surface area contributed by atoms with Crippen LogP contribution in [-0.2, 0) is 0 Å². The summed E-state index contributed by atoms with van der Waals surface area (Å²) in [6.45, 7) is 18.1. The number of hydrogen-bond acceptors (Lipinski definition) is 3. The van der Waals surface area contributed by atoms with E-state index in [1.165, 1.54) is 51.9 Å². The van der Waals surface area contributed by atoms with Crippen LogP contribution in [0, 0.1) is 5.92 Å². The van der Waals surface area contributed by atoms with Crippen molar-refractivity contribution in [1.29, 1.82) is 0 Å². The molecule has 2 aliphatic rings. The first-order valence-electron chi connectivity index (χ1n) is 10.5. The largest absolute Gasteiger partial charge is 0.357 e. The second-order valence-electron chi connectivity index (χ2n) is 8.32. The summed E-state index contributed by atoms with van der Waals surface area (Å²) < 4.78 is 0. The maximum Gasteiger partial charge on any atom is 0.191 e. The number of aliphatic imine (C=N–C) groups is 1. The quantitative estimate of drug-likeness (QED) is 0.335. The number of guanidine groups is 1. The molecule has 2 saturated heterocycles. The third kappa shape index (κ3) is 7.50. The highest BCUT2D eigenvalue weighted by molar-refractivity contribution is 14.0. The number of piperidine rings is 1. The van der Waals surface area contributed by atoms with Gasteiger partial charge in [0.25, 0.3) is 0 Å². The fourth-order valence-corrected chi connectivity index (χ4v) is 4.08. The van der Waals surface area contributed by atoms with Crippen LogP contribution in [0.4, 0.5) is 0 Å². The average molecular weight is 479 g/mol. The molecule has 2 fully saturated rings. The van der Waals surface area contributed by atoms with Crippen molar-refractivity contribution in [1.82, 2.24) is 20.4 Å². The highest BCUT2D eigenvalue weighted by atomic mass is 127. The van der Waals surface area contributed by atoms with E-state index in [9.17, 15) is 0 Å². The molecule has 26 heavy (non-hydrogen) atoms. The van der Waals surface area contributed by atoms with Crippen molar-refractivity contribution in [2.45, 2.75) is 78.4 Å². The maximum absolute atomic E-state index is 4.97. The van der Waals surface area contributed by atoms with Gasteiger partial charge in [-0.2, -0.15) is 0 Å². The summed E-state index contributed by atoms with van der Waals surface area (Å²) in [5.41, 5.74) is 0. The van der Waals surface area contributed by atoms with Gasteiger partial charge in [0.05, 0.1) is 6.54 Å². The lowest BCUT2D eigenvalue weighted by atomic mass is 10.0. The molecule has 0 aromatic heterocycles. The summed E-state index contributed by atoms with van der Waals surface area (Å²) in [5.74, 6) is 1.66. The fraction of sp³-hybridized carbons (Fsp3) is 0.950. The first-order chi connectivity index (χ1) is 12.0. The Kier molecular flexibility index (Phi) is 11.4. The van der Waals surface area contributed by atoms with E-state index in [0.717, 1.165) is 19.0 Å². The molecule has 0 spiro atoms. The number of hydrogen-bond donors (Lipinski definition) is 2. The Morgan fingerprint density at radius 3 is 2.12 bits per heavy atom. The molecule has 6 heteroatoms. The summed E-state index contributed by atoms with van der Waals surface area (Å²) in [7, 11) is 0. The van der Waals surface area contributed by atoms with Crippen LogP contribution in [0.5, 0.6) is 0 Å². The zero-order valence-electron chi connectivity index (χ0n) is 17.6. The van der Waals surface area contributed by atoms with Crippen LogP contribution in [0.25, 0.3) is 0 Å². The molecule has 2 rings (SSSR count). The van der Waals surface area contributed by atoms with Gasteiger partial charge in [0.15, 0.2) is 5.96 Å².